The maximum absolute atomic E-state index is 8.76. The van der Waals surface area contributed by atoms with Crippen LogP contribution in [0.4, 0.5) is 0 Å². The van der Waals surface area contributed by atoms with E-state index in [4.69, 9.17) is 14.6 Å². The number of benzene rings is 1. The summed E-state index contributed by atoms with van der Waals surface area (Å²) in [5.41, 5.74) is 1.29. The van der Waals surface area contributed by atoms with Crippen LogP contribution in [-0.4, -0.2) is 49.0 Å². The van der Waals surface area contributed by atoms with Crippen molar-refractivity contribution in [2.45, 2.75) is 32.9 Å². The molecular formula is C17H27NO3. The lowest BCUT2D eigenvalue weighted by Crippen LogP contribution is -2.45. The highest BCUT2D eigenvalue weighted by molar-refractivity contribution is 5.27. The molecule has 0 radical (unpaired) electrons. The van der Waals surface area contributed by atoms with Crippen LogP contribution in [0.15, 0.2) is 24.3 Å². The van der Waals surface area contributed by atoms with Crippen LogP contribution in [0.1, 0.15) is 25.8 Å². The Morgan fingerprint density at radius 2 is 2.10 bits per heavy atom. The van der Waals surface area contributed by atoms with Gasteiger partial charge in [0.05, 0.1) is 19.8 Å². The predicted octanol–water partition coefficient (Wildman–Crippen LogP) is 2.30. The van der Waals surface area contributed by atoms with E-state index in [0.717, 1.165) is 32.1 Å². The lowest BCUT2D eigenvalue weighted by Gasteiger charge is -2.36. The average molecular weight is 293 g/mol. The highest BCUT2D eigenvalue weighted by Crippen LogP contribution is 2.20. The van der Waals surface area contributed by atoms with Crippen molar-refractivity contribution in [3.05, 3.63) is 29.8 Å². The van der Waals surface area contributed by atoms with Gasteiger partial charge in [0.15, 0.2) is 0 Å². The summed E-state index contributed by atoms with van der Waals surface area (Å²) in [5.74, 6) is 1.50. The molecule has 0 aliphatic carbocycles. The summed E-state index contributed by atoms with van der Waals surface area (Å²) >= 11 is 0. The number of hydrogen-bond donors (Lipinski definition) is 1. The summed E-state index contributed by atoms with van der Waals surface area (Å²) in [7, 11) is 0. The molecule has 4 nitrogen and oxygen atoms in total. The third kappa shape index (κ3) is 5.30. The van der Waals surface area contributed by atoms with E-state index < -0.39 is 0 Å². The Kier molecular flexibility index (Phi) is 6.49. The van der Waals surface area contributed by atoms with E-state index in [1.807, 2.05) is 12.1 Å². The Balaban J connectivity index is 1.92. The maximum Gasteiger partial charge on any atom is 0.119 e. The van der Waals surface area contributed by atoms with Crippen LogP contribution < -0.4 is 4.74 Å². The second-order valence-electron chi connectivity index (χ2n) is 6.04. The van der Waals surface area contributed by atoms with Gasteiger partial charge in [-0.15, -0.1) is 0 Å². The molecule has 1 N–H and O–H groups in total. The minimum Gasteiger partial charge on any atom is -0.491 e. The summed E-state index contributed by atoms with van der Waals surface area (Å²) in [6.07, 6.45) is 1.18. The Hall–Kier alpha value is -1.10. The molecule has 1 heterocycles. The van der Waals surface area contributed by atoms with Gasteiger partial charge in [0, 0.05) is 19.1 Å². The number of nitrogens with zero attached hydrogens (tertiary/aromatic N) is 1. The zero-order valence-corrected chi connectivity index (χ0v) is 13.1. The Morgan fingerprint density at radius 1 is 1.33 bits per heavy atom. The van der Waals surface area contributed by atoms with Crippen molar-refractivity contribution in [3.8, 4) is 5.75 Å². The van der Waals surface area contributed by atoms with Crippen LogP contribution in [0.25, 0.3) is 0 Å². The lowest BCUT2D eigenvalue weighted by atomic mass is 10.0. The molecule has 1 fully saturated rings. The number of aliphatic hydroxyl groups is 1. The number of morpholine rings is 1. The van der Waals surface area contributed by atoms with Crippen molar-refractivity contribution in [1.29, 1.82) is 0 Å². The van der Waals surface area contributed by atoms with Gasteiger partial charge in [-0.2, -0.15) is 0 Å². The summed E-state index contributed by atoms with van der Waals surface area (Å²) in [6, 6.07) is 8.68. The molecule has 0 bridgehead atoms. The van der Waals surface area contributed by atoms with Crippen molar-refractivity contribution in [2.24, 2.45) is 5.92 Å². The smallest absolute Gasteiger partial charge is 0.119 e. The Bertz CT molecular complexity index is 405. The van der Waals surface area contributed by atoms with E-state index >= 15 is 0 Å². The molecule has 0 amide bonds. The second-order valence-corrected chi connectivity index (χ2v) is 6.04. The van der Waals surface area contributed by atoms with Crippen LogP contribution >= 0.6 is 0 Å². The van der Waals surface area contributed by atoms with Crippen LogP contribution in [-0.2, 0) is 11.3 Å². The van der Waals surface area contributed by atoms with Gasteiger partial charge in [-0.3, -0.25) is 4.90 Å². The van der Waals surface area contributed by atoms with E-state index in [9.17, 15) is 0 Å². The van der Waals surface area contributed by atoms with Gasteiger partial charge in [0.1, 0.15) is 12.4 Å². The largest absolute Gasteiger partial charge is 0.491 e. The van der Waals surface area contributed by atoms with E-state index in [2.05, 4.69) is 30.9 Å². The van der Waals surface area contributed by atoms with Crippen LogP contribution in [0.5, 0.6) is 5.75 Å². The average Bonchev–Trinajstić information content (AvgIpc) is 2.48. The molecule has 21 heavy (non-hydrogen) atoms. The molecule has 1 unspecified atom stereocenters. The second kappa shape index (κ2) is 8.37. The third-order valence-corrected chi connectivity index (χ3v) is 3.76. The first-order chi connectivity index (χ1) is 10.2. The van der Waals surface area contributed by atoms with Gasteiger partial charge in [-0.25, -0.2) is 0 Å². The fourth-order valence-electron chi connectivity index (χ4n) is 2.75. The molecule has 1 aliphatic rings. The zero-order valence-electron chi connectivity index (χ0n) is 13.1. The highest BCUT2D eigenvalue weighted by Gasteiger charge is 2.23. The number of ether oxygens (including phenoxy) is 2. The van der Waals surface area contributed by atoms with Crippen molar-refractivity contribution in [3.63, 3.8) is 0 Å². The van der Waals surface area contributed by atoms with Crippen LogP contribution in [0.2, 0.25) is 0 Å². The minimum absolute atomic E-state index is 0.0480. The molecular weight excluding hydrogens is 266 g/mol. The zero-order chi connectivity index (χ0) is 15.1. The number of aliphatic hydroxyl groups excluding tert-OH is 1. The summed E-state index contributed by atoms with van der Waals surface area (Å²) in [5, 5.41) is 8.76. The molecule has 1 aliphatic heterocycles. The van der Waals surface area contributed by atoms with Gasteiger partial charge in [0.2, 0.25) is 0 Å². The first kappa shape index (κ1) is 16.3. The molecule has 4 heteroatoms. The summed E-state index contributed by atoms with van der Waals surface area (Å²) < 4.78 is 11.0. The first-order valence-electron chi connectivity index (χ1n) is 7.83. The lowest BCUT2D eigenvalue weighted by molar-refractivity contribution is -0.0186. The Labute approximate surface area is 127 Å². The quantitative estimate of drug-likeness (QED) is 0.837. The van der Waals surface area contributed by atoms with Crippen LogP contribution in [0, 0.1) is 5.92 Å². The third-order valence-electron chi connectivity index (χ3n) is 3.76. The van der Waals surface area contributed by atoms with Crippen molar-refractivity contribution in [1.82, 2.24) is 4.90 Å². The van der Waals surface area contributed by atoms with Crippen LogP contribution in [0.3, 0.4) is 0 Å². The molecule has 0 saturated carbocycles. The molecule has 118 valence electrons. The standard InChI is InChI=1S/C17H27NO3/c1-14(2)11-16-13-20-9-7-18(16)12-15-3-5-17(6-4-15)21-10-8-19/h3-6,14,16,19H,7-13H2,1-2H3. The topological polar surface area (TPSA) is 41.9 Å². The normalized spacial score (nSPS) is 19.9. The molecule has 1 aromatic rings. The predicted molar refractivity (Wildman–Crippen MR) is 83.5 cm³/mol. The summed E-state index contributed by atoms with van der Waals surface area (Å²) in [4.78, 5) is 2.52. The number of hydrogen-bond acceptors (Lipinski definition) is 4. The Morgan fingerprint density at radius 3 is 2.76 bits per heavy atom. The van der Waals surface area contributed by atoms with E-state index in [-0.39, 0.29) is 6.61 Å². The van der Waals surface area contributed by atoms with Crippen molar-refractivity contribution < 1.29 is 14.6 Å². The van der Waals surface area contributed by atoms with Crippen molar-refractivity contribution >= 4 is 0 Å². The molecule has 2 rings (SSSR count). The summed E-state index contributed by atoms with van der Waals surface area (Å²) in [6.45, 7) is 8.55. The molecule has 0 spiro atoms. The number of rotatable bonds is 7. The van der Waals surface area contributed by atoms with Gasteiger partial charge < -0.3 is 14.6 Å². The SMILES string of the molecule is CC(C)CC1COCCN1Cc1ccc(OCCO)cc1. The van der Waals surface area contributed by atoms with E-state index in [0.29, 0.717) is 18.6 Å². The fraction of sp³-hybridized carbons (Fsp3) is 0.647. The first-order valence-corrected chi connectivity index (χ1v) is 7.83. The maximum atomic E-state index is 8.76. The molecule has 0 aromatic heterocycles. The van der Waals surface area contributed by atoms with E-state index in [1.54, 1.807) is 0 Å². The fourth-order valence-corrected chi connectivity index (χ4v) is 2.75. The molecule has 1 atom stereocenters. The highest BCUT2D eigenvalue weighted by atomic mass is 16.5. The van der Waals surface area contributed by atoms with Gasteiger partial charge >= 0.3 is 0 Å². The molecule has 1 aromatic carbocycles. The van der Waals surface area contributed by atoms with Gasteiger partial charge in [-0.05, 0) is 30.0 Å². The van der Waals surface area contributed by atoms with E-state index in [1.165, 1.54) is 12.0 Å². The van der Waals surface area contributed by atoms with Gasteiger partial charge in [0.25, 0.3) is 0 Å². The van der Waals surface area contributed by atoms with Crippen molar-refractivity contribution in [2.75, 3.05) is 33.0 Å². The van der Waals surface area contributed by atoms with Gasteiger partial charge in [-0.1, -0.05) is 26.0 Å². The minimum atomic E-state index is 0.0480. The monoisotopic (exact) mass is 293 g/mol. The molecule has 1 saturated heterocycles.